The van der Waals surface area contributed by atoms with Crippen molar-refractivity contribution in [2.75, 3.05) is 75.8 Å². The third kappa shape index (κ3) is 9.05. The summed E-state index contributed by atoms with van der Waals surface area (Å²) in [5.74, 6) is -2.03. The molecule has 5 aromatic rings. The number of nitrogens with zero attached hydrogens (tertiary/aromatic N) is 6. The Morgan fingerprint density at radius 3 is 2.35 bits per heavy atom. The number of primary amides is 1. The monoisotopic (exact) mass is 991 g/mol. The third-order valence-electron chi connectivity index (χ3n) is 15.8. The zero-order valence-corrected chi connectivity index (χ0v) is 41.1. The molecule has 5 aliphatic rings. The summed E-state index contributed by atoms with van der Waals surface area (Å²) in [5.41, 5.74) is 7.62. The first-order chi connectivity index (χ1) is 34.2. The molecular weight excluding hydrogens is 932 g/mol. The maximum Gasteiger partial charge on any atom is 0.329 e. The Kier molecular flexibility index (Phi) is 13.4. The van der Waals surface area contributed by atoms with Gasteiger partial charge < -0.3 is 30.3 Å². The Morgan fingerprint density at radius 2 is 1.66 bits per heavy atom. The van der Waals surface area contributed by atoms with Crippen LogP contribution in [0.3, 0.4) is 0 Å². The lowest BCUT2D eigenvalue weighted by atomic mass is 9.77. The van der Waals surface area contributed by atoms with Crippen molar-refractivity contribution in [3.63, 3.8) is 0 Å². The van der Waals surface area contributed by atoms with E-state index in [0.29, 0.717) is 30.4 Å². The van der Waals surface area contributed by atoms with E-state index in [1.54, 1.807) is 4.68 Å². The summed E-state index contributed by atoms with van der Waals surface area (Å²) in [7, 11) is 3.18. The molecule has 0 bridgehead atoms. The molecule has 18 heteroatoms. The number of piperidine rings is 1. The fourth-order valence-corrected chi connectivity index (χ4v) is 12.0. The van der Waals surface area contributed by atoms with Gasteiger partial charge in [-0.1, -0.05) is 48.9 Å². The number of rotatable bonds is 12. The second-order valence-corrected chi connectivity index (χ2v) is 20.2. The molecule has 4 fully saturated rings. The lowest BCUT2D eigenvalue weighted by Crippen LogP contribution is -2.52. The van der Waals surface area contributed by atoms with Crippen LogP contribution in [0.15, 0.2) is 66.7 Å². The molecule has 1 saturated carbocycles. The number of nitrogens with two attached hydrogens (primary N) is 1. The Bertz CT molecular complexity index is 2880. The van der Waals surface area contributed by atoms with Crippen molar-refractivity contribution in [3.8, 4) is 22.6 Å². The number of hydrogen-bond donors (Lipinski definition) is 3. The normalized spacial score (nSPS) is 23.2. The number of anilines is 2. The van der Waals surface area contributed by atoms with Gasteiger partial charge in [0.2, 0.25) is 17.7 Å². The van der Waals surface area contributed by atoms with Crippen molar-refractivity contribution in [2.24, 2.45) is 24.6 Å². The van der Waals surface area contributed by atoms with Gasteiger partial charge in [0, 0.05) is 124 Å². The van der Waals surface area contributed by atoms with Gasteiger partial charge >= 0.3 is 6.03 Å². The first-order valence-electron chi connectivity index (χ1n) is 24.7. The van der Waals surface area contributed by atoms with E-state index in [1.165, 1.54) is 30.2 Å². The Labute approximate surface area is 416 Å². The maximum absolute atomic E-state index is 16.2. The summed E-state index contributed by atoms with van der Waals surface area (Å²) in [5, 5.41) is 11.3. The second-order valence-electron chi connectivity index (χ2n) is 19.8. The van der Waals surface area contributed by atoms with Crippen LogP contribution in [0.5, 0.6) is 11.5 Å². The number of fused-ring (bicyclic) bond motifs is 2. The first-order valence-corrected chi connectivity index (χ1v) is 25.1. The average molecular weight is 993 g/mol. The minimum Gasteiger partial charge on any atom is -0.494 e. The minimum absolute atomic E-state index is 0.000890. The topological polar surface area (TPSA) is 168 Å². The summed E-state index contributed by atoms with van der Waals surface area (Å²) in [6, 6.07) is 19.4. The molecule has 2 atom stereocenters. The molecule has 2 unspecified atom stereocenters. The third-order valence-corrected chi connectivity index (χ3v) is 16.2. The van der Waals surface area contributed by atoms with Gasteiger partial charge in [0.05, 0.1) is 23.2 Å². The number of amides is 5. The highest BCUT2D eigenvalue weighted by Crippen LogP contribution is 2.56. The molecule has 71 heavy (non-hydrogen) atoms. The zero-order chi connectivity index (χ0) is 49.7. The quantitative estimate of drug-likeness (QED) is 0.115. The predicted molar refractivity (Wildman–Crippen MR) is 267 cm³/mol. The standard InChI is InChI=1S/C53H60ClF2N9O6/c1-31-44-42(28-39(55)47(54)46(44)45-38(49(57)67)15-16-41(70-3)48(45)56)71-53(31,34-7-5-4-6-8-34)30-58-35-11-9-33(10-12-35)51(68)64-25-23-62(24-26-64)29-32-17-20-63(21-18-32)36-13-14-37-40(27-36)61(2)60-50(37)65-22-19-43(66)59-52(65)69/h4-8,13-16,27-28,31-33,35,58H,9-12,17-26,29-30H2,1-3H3,(H2,57,67)(H,59,66,69). The number of ether oxygens (including phenoxy) is 2. The van der Waals surface area contributed by atoms with Crippen molar-refractivity contribution in [3.05, 3.63) is 100 Å². The van der Waals surface area contributed by atoms with Gasteiger partial charge in [-0.05, 0) is 80.3 Å². The highest BCUT2D eigenvalue weighted by Gasteiger charge is 2.50. The van der Waals surface area contributed by atoms with E-state index in [1.807, 2.05) is 50.4 Å². The lowest BCUT2D eigenvalue weighted by molar-refractivity contribution is -0.138. The molecule has 1 aliphatic carbocycles. The van der Waals surface area contributed by atoms with Gasteiger partial charge in [0.1, 0.15) is 11.6 Å². The van der Waals surface area contributed by atoms with Crippen LogP contribution in [-0.2, 0) is 22.2 Å². The van der Waals surface area contributed by atoms with E-state index >= 15 is 8.78 Å². The number of hydrogen-bond acceptors (Lipinski definition) is 10. The molecule has 4 aromatic carbocycles. The highest BCUT2D eigenvalue weighted by molar-refractivity contribution is 6.34. The van der Waals surface area contributed by atoms with Crippen molar-refractivity contribution in [2.45, 2.75) is 69.4 Å². The number of aromatic nitrogens is 2. The van der Waals surface area contributed by atoms with Gasteiger partial charge in [-0.25, -0.2) is 13.6 Å². The molecule has 5 heterocycles. The summed E-state index contributed by atoms with van der Waals surface area (Å²) in [6.45, 7) is 8.64. The van der Waals surface area contributed by atoms with Crippen LogP contribution in [0.25, 0.3) is 22.0 Å². The van der Waals surface area contributed by atoms with Crippen LogP contribution < -0.4 is 35.6 Å². The number of aryl methyl sites for hydroxylation is 1. The fourth-order valence-electron chi connectivity index (χ4n) is 11.8. The fraction of sp³-hybridized carbons (Fsp3) is 0.453. The number of methoxy groups -OCH3 is 1. The van der Waals surface area contributed by atoms with Crippen molar-refractivity contribution < 1.29 is 37.4 Å². The molecule has 4 N–H and O–H groups in total. The van der Waals surface area contributed by atoms with Crippen molar-refractivity contribution >= 4 is 57.8 Å². The van der Waals surface area contributed by atoms with Gasteiger partial charge in [0.15, 0.2) is 23.0 Å². The number of urea groups is 1. The van der Waals surface area contributed by atoms with Crippen LogP contribution in [0.2, 0.25) is 5.02 Å². The molecule has 1 aromatic heterocycles. The predicted octanol–water partition coefficient (Wildman–Crippen LogP) is 7.33. The van der Waals surface area contributed by atoms with Crippen molar-refractivity contribution in [1.82, 2.24) is 30.2 Å². The maximum atomic E-state index is 16.2. The highest BCUT2D eigenvalue weighted by atomic mass is 35.5. The van der Waals surface area contributed by atoms with Crippen LogP contribution in [0, 0.1) is 23.5 Å². The summed E-state index contributed by atoms with van der Waals surface area (Å²) in [6.07, 6.45) is 5.50. The molecule has 10 rings (SSSR count). The lowest BCUT2D eigenvalue weighted by Gasteiger charge is -2.41. The van der Waals surface area contributed by atoms with Crippen LogP contribution in [0.1, 0.15) is 79.3 Å². The number of carbonyl (C=O) groups excluding carboxylic acids is 4. The number of carbonyl (C=O) groups is 4. The van der Waals surface area contributed by atoms with Crippen molar-refractivity contribution in [1.29, 1.82) is 0 Å². The molecule has 374 valence electrons. The molecule has 0 radical (unpaired) electrons. The summed E-state index contributed by atoms with van der Waals surface area (Å²) in [4.78, 5) is 59.5. The van der Waals surface area contributed by atoms with E-state index in [0.717, 1.165) is 106 Å². The Balaban J connectivity index is 0.726. The number of piperazine rings is 1. The number of halogens is 3. The molecule has 4 aliphatic heterocycles. The smallest absolute Gasteiger partial charge is 0.329 e. The van der Waals surface area contributed by atoms with Crippen LogP contribution >= 0.6 is 11.6 Å². The van der Waals surface area contributed by atoms with E-state index in [9.17, 15) is 19.2 Å². The van der Waals surface area contributed by atoms with Crippen LogP contribution in [0.4, 0.5) is 25.1 Å². The minimum atomic E-state index is -1.07. The molecule has 15 nitrogen and oxygen atoms in total. The Morgan fingerprint density at radius 1 is 0.930 bits per heavy atom. The van der Waals surface area contributed by atoms with Gasteiger partial charge in [-0.3, -0.25) is 34.2 Å². The second kappa shape index (κ2) is 19.7. The number of benzene rings is 4. The summed E-state index contributed by atoms with van der Waals surface area (Å²) < 4.78 is 45.9. The molecule has 5 amide bonds. The largest absolute Gasteiger partial charge is 0.494 e. The molecular formula is C53H60ClF2N9O6. The van der Waals surface area contributed by atoms with Gasteiger partial charge in [-0.2, -0.15) is 5.10 Å². The van der Waals surface area contributed by atoms with E-state index in [-0.39, 0.29) is 63.4 Å². The molecule has 0 spiro atoms. The average Bonchev–Trinajstić information content (AvgIpc) is 3.86. The van der Waals surface area contributed by atoms with Gasteiger partial charge in [0.25, 0.3) is 0 Å². The SMILES string of the molecule is COc1ccc(C(N)=O)c(-c2c(Cl)c(F)cc3c2C(C)C(CNC2CCC(C(=O)N4CCN(CC5CCN(c6ccc7c(N8CCC(=O)NC8=O)nn(C)c7c6)CC5)CC4)CC2)(c2ccccc2)O3)c1F. The van der Waals surface area contributed by atoms with Crippen LogP contribution in [-0.4, -0.2) is 115 Å². The molecule has 3 saturated heterocycles. The van der Waals surface area contributed by atoms with E-state index < -0.39 is 35.1 Å². The number of imide groups is 1. The van der Waals surface area contributed by atoms with E-state index in [2.05, 4.69) is 42.6 Å². The summed E-state index contributed by atoms with van der Waals surface area (Å²) >= 11 is 6.70. The Hall–Kier alpha value is -6.30. The zero-order valence-electron chi connectivity index (χ0n) is 40.3. The van der Waals surface area contributed by atoms with Gasteiger partial charge in [-0.15, -0.1) is 0 Å². The first kappa shape index (κ1) is 48.3. The van der Waals surface area contributed by atoms with E-state index in [4.69, 9.17) is 26.8 Å². The number of nitrogens with one attached hydrogen (secondary N) is 2.